The summed E-state index contributed by atoms with van der Waals surface area (Å²) in [5.74, 6) is 0.360. The lowest BCUT2D eigenvalue weighted by molar-refractivity contribution is 0.0954. The molecule has 182 valence electrons. The summed E-state index contributed by atoms with van der Waals surface area (Å²) in [6.07, 6.45) is 0. The highest BCUT2D eigenvalue weighted by molar-refractivity contribution is 6.33. The lowest BCUT2D eigenvalue weighted by Crippen LogP contribution is -2.41. The third-order valence-corrected chi connectivity index (χ3v) is 5.56. The Morgan fingerprint density at radius 1 is 0.806 bits per heavy atom. The molecule has 0 aliphatic heterocycles. The molecule has 0 saturated carbocycles. The molecule has 4 aromatic rings. The Bertz CT molecular complexity index is 1330. The van der Waals surface area contributed by atoms with E-state index in [2.05, 4.69) is 10.6 Å². The first-order valence-electron chi connectivity index (χ1n) is 11.2. The second kappa shape index (κ2) is 11.9. The third kappa shape index (κ3) is 6.40. The van der Waals surface area contributed by atoms with Gasteiger partial charge < -0.3 is 15.4 Å². The fourth-order valence-electron chi connectivity index (χ4n) is 3.43. The molecular formula is C28H23ClFN3O3. The van der Waals surface area contributed by atoms with Gasteiger partial charge in [-0.25, -0.2) is 9.18 Å². The molecule has 8 heteroatoms. The van der Waals surface area contributed by atoms with Gasteiger partial charge in [-0.2, -0.15) is 0 Å². The summed E-state index contributed by atoms with van der Waals surface area (Å²) in [7, 11) is 0. The van der Waals surface area contributed by atoms with Gasteiger partial charge in [0.15, 0.2) is 0 Å². The third-order valence-electron chi connectivity index (χ3n) is 5.23. The first-order valence-corrected chi connectivity index (χ1v) is 11.6. The summed E-state index contributed by atoms with van der Waals surface area (Å²) in [5, 5.41) is 5.69. The topological polar surface area (TPSA) is 70.7 Å². The first kappa shape index (κ1) is 24.8. The largest absolute Gasteiger partial charge is 0.457 e. The van der Waals surface area contributed by atoms with Crippen LogP contribution in [0.4, 0.5) is 20.6 Å². The number of halogens is 2. The minimum Gasteiger partial charge on any atom is -0.457 e. The van der Waals surface area contributed by atoms with Crippen LogP contribution in [0.15, 0.2) is 103 Å². The normalized spacial score (nSPS) is 10.4. The smallest absolute Gasteiger partial charge is 0.326 e. The lowest BCUT2D eigenvalue weighted by atomic mass is 10.2. The van der Waals surface area contributed by atoms with E-state index in [4.69, 9.17) is 16.3 Å². The Kier molecular flexibility index (Phi) is 8.16. The van der Waals surface area contributed by atoms with Gasteiger partial charge in [0.1, 0.15) is 17.3 Å². The van der Waals surface area contributed by atoms with Gasteiger partial charge in [0.05, 0.1) is 16.3 Å². The van der Waals surface area contributed by atoms with E-state index in [0.717, 1.165) is 0 Å². The van der Waals surface area contributed by atoms with E-state index >= 15 is 0 Å². The maximum atomic E-state index is 14.1. The number of rotatable bonds is 8. The average Bonchev–Trinajstić information content (AvgIpc) is 2.89. The van der Waals surface area contributed by atoms with Crippen LogP contribution in [0, 0.1) is 5.82 Å². The van der Waals surface area contributed by atoms with Crippen LogP contribution in [0.25, 0.3) is 0 Å². The van der Waals surface area contributed by atoms with Gasteiger partial charge in [-0.3, -0.25) is 9.69 Å². The van der Waals surface area contributed by atoms with Crippen molar-refractivity contribution < 1.29 is 18.7 Å². The number of urea groups is 1. The Hall–Kier alpha value is -4.36. The number of carbonyl (C=O) groups excluding carboxylic acids is 2. The first-order chi connectivity index (χ1) is 17.5. The number of ether oxygens (including phenoxy) is 1. The zero-order valence-electron chi connectivity index (χ0n) is 19.2. The van der Waals surface area contributed by atoms with E-state index in [1.54, 1.807) is 60.7 Å². The van der Waals surface area contributed by atoms with E-state index in [9.17, 15) is 14.0 Å². The minimum atomic E-state index is -0.552. The highest BCUT2D eigenvalue weighted by atomic mass is 35.5. The highest BCUT2D eigenvalue weighted by Crippen LogP contribution is 2.25. The van der Waals surface area contributed by atoms with Gasteiger partial charge in [-0.05, 0) is 60.7 Å². The molecule has 4 rings (SSSR count). The Labute approximate surface area is 213 Å². The molecule has 4 aromatic carbocycles. The summed E-state index contributed by atoms with van der Waals surface area (Å²) in [6.45, 7) is 0.256. The fraction of sp³-hybridized carbons (Fsp3) is 0.0714. The molecule has 0 aliphatic rings. The van der Waals surface area contributed by atoms with Crippen LogP contribution >= 0.6 is 11.6 Å². The summed E-state index contributed by atoms with van der Waals surface area (Å²) >= 11 is 6.10. The molecular weight excluding hydrogens is 481 g/mol. The van der Waals surface area contributed by atoms with Gasteiger partial charge in [0.2, 0.25) is 0 Å². The lowest BCUT2D eigenvalue weighted by Gasteiger charge is -2.24. The quantitative estimate of drug-likeness (QED) is 0.280. The van der Waals surface area contributed by atoms with Crippen molar-refractivity contribution in [2.24, 2.45) is 0 Å². The number of carbonyl (C=O) groups is 2. The Morgan fingerprint density at radius 2 is 1.44 bits per heavy atom. The average molecular weight is 504 g/mol. The Morgan fingerprint density at radius 3 is 2.17 bits per heavy atom. The molecule has 0 radical (unpaired) electrons. The van der Waals surface area contributed by atoms with Crippen molar-refractivity contribution in [3.05, 3.63) is 120 Å². The number of amides is 3. The summed E-state index contributed by atoms with van der Waals surface area (Å²) in [5.41, 5.74) is 0.928. The van der Waals surface area contributed by atoms with Crippen molar-refractivity contribution in [1.29, 1.82) is 0 Å². The van der Waals surface area contributed by atoms with E-state index in [-0.39, 0.29) is 24.7 Å². The summed E-state index contributed by atoms with van der Waals surface area (Å²) in [4.78, 5) is 27.1. The van der Waals surface area contributed by atoms with Crippen molar-refractivity contribution in [2.45, 2.75) is 0 Å². The maximum Gasteiger partial charge on any atom is 0.326 e. The zero-order chi connectivity index (χ0) is 25.3. The SMILES string of the molecule is O=C(NCCN(C(=O)Nc1ccccc1F)c1ccc(Oc2ccccc2)cc1)c1ccccc1Cl. The molecule has 2 N–H and O–H groups in total. The predicted molar refractivity (Wildman–Crippen MR) is 140 cm³/mol. The van der Waals surface area contributed by atoms with Gasteiger partial charge in [-0.1, -0.05) is 54.1 Å². The molecule has 0 unspecified atom stereocenters. The number of hydrogen-bond donors (Lipinski definition) is 2. The second-order valence-electron chi connectivity index (χ2n) is 7.71. The highest BCUT2D eigenvalue weighted by Gasteiger charge is 2.18. The van der Waals surface area contributed by atoms with Gasteiger partial charge in [0, 0.05) is 18.8 Å². The maximum absolute atomic E-state index is 14.1. The van der Waals surface area contributed by atoms with Crippen molar-refractivity contribution in [3.8, 4) is 11.5 Å². The number of benzene rings is 4. The molecule has 0 heterocycles. The summed E-state index contributed by atoms with van der Waals surface area (Å²) < 4.78 is 20.0. The minimum absolute atomic E-state index is 0.0524. The molecule has 0 bridgehead atoms. The number of para-hydroxylation sites is 2. The second-order valence-corrected chi connectivity index (χ2v) is 8.11. The molecule has 3 amide bonds. The van der Waals surface area contributed by atoms with E-state index in [1.807, 2.05) is 30.3 Å². The zero-order valence-corrected chi connectivity index (χ0v) is 19.9. The van der Waals surface area contributed by atoms with Crippen LogP contribution in [0.2, 0.25) is 5.02 Å². The van der Waals surface area contributed by atoms with Crippen LogP contribution < -0.4 is 20.3 Å². The van der Waals surface area contributed by atoms with E-state index < -0.39 is 11.8 Å². The molecule has 0 spiro atoms. The van der Waals surface area contributed by atoms with Crippen molar-refractivity contribution in [3.63, 3.8) is 0 Å². The summed E-state index contributed by atoms with van der Waals surface area (Å²) in [6, 6.07) is 28.3. The molecule has 0 saturated heterocycles. The fourth-order valence-corrected chi connectivity index (χ4v) is 3.66. The van der Waals surface area contributed by atoms with Gasteiger partial charge in [-0.15, -0.1) is 0 Å². The number of nitrogens with one attached hydrogen (secondary N) is 2. The number of hydrogen-bond acceptors (Lipinski definition) is 3. The molecule has 0 aliphatic carbocycles. The van der Waals surface area contributed by atoms with Crippen molar-refractivity contribution in [2.75, 3.05) is 23.3 Å². The number of nitrogens with zero attached hydrogens (tertiary/aromatic N) is 1. The monoisotopic (exact) mass is 503 g/mol. The van der Waals surface area contributed by atoms with Crippen LogP contribution in [0.1, 0.15) is 10.4 Å². The van der Waals surface area contributed by atoms with E-state index in [0.29, 0.717) is 27.8 Å². The van der Waals surface area contributed by atoms with Gasteiger partial charge in [0.25, 0.3) is 5.91 Å². The standard InChI is InChI=1S/C28H23ClFN3O3/c29-24-11-5-4-10-23(24)27(34)31-18-19-33(28(35)32-26-13-7-6-12-25(26)30)20-14-16-22(17-15-20)36-21-8-2-1-3-9-21/h1-17H,18-19H2,(H,31,34)(H,32,35). The van der Waals surface area contributed by atoms with Crippen molar-refractivity contribution >= 4 is 34.9 Å². The molecule has 0 atom stereocenters. The predicted octanol–water partition coefficient (Wildman–Crippen LogP) is 6.74. The van der Waals surface area contributed by atoms with Crippen LogP contribution in [0.5, 0.6) is 11.5 Å². The Balaban J connectivity index is 1.49. The molecule has 36 heavy (non-hydrogen) atoms. The van der Waals surface area contributed by atoms with Crippen molar-refractivity contribution in [1.82, 2.24) is 5.32 Å². The van der Waals surface area contributed by atoms with E-state index in [1.165, 1.54) is 17.0 Å². The molecule has 0 aromatic heterocycles. The van der Waals surface area contributed by atoms with Crippen LogP contribution in [-0.4, -0.2) is 25.0 Å². The van der Waals surface area contributed by atoms with Crippen LogP contribution in [0.3, 0.4) is 0 Å². The molecule has 0 fully saturated rings. The number of anilines is 2. The molecule has 6 nitrogen and oxygen atoms in total. The van der Waals surface area contributed by atoms with Gasteiger partial charge >= 0.3 is 6.03 Å². The van der Waals surface area contributed by atoms with Crippen LogP contribution in [-0.2, 0) is 0 Å².